The lowest BCUT2D eigenvalue weighted by molar-refractivity contribution is -0.136. The Kier molecular flexibility index (Phi) is 7.22. The summed E-state index contributed by atoms with van der Waals surface area (Å²) in [5, 5.41) is 0. The molecule has 1 unspecified atom stereocenters. The summed E-state index contributed by atoms with van der Waals surface area (Å²) in [5.41, 5.74) is 1.58. The summed E-state index contributed by atoms with van der Waals surface area (Å²) >= 11 is 0. The van der Waals surface area contributed by atoms with E-state index in [0.29, 0.717) is 31.0 Å². The van der Waals surface area contributed by atoms with E-state index in [2.05, 4.69) is 6.92 Å². The van der Waals surface area contributed by atoms with Crippen LogP contribution in [-0.4, -0.2) is 41.8 Å². The van der Waals surface area contributed by atoms with Crippen molar-refractivity contribution in [2.45, 2.75) is 45.6 Å². The maximum absolute atomic E-state index is 13.0. The third kappa shape index (κ3) is 5.06. The zero-order valence-electron chi connectivity index (χ0n) is 17.5. The number of rotatable bonds is 9. The number of hydrogen-bond acceptors (Lipinski definition) is 4. The Morgan fingerprint density at radius 1 is 1.10 bits per heavy atom. The molecule has 1 saturated heterocycles. The molecule has 0 saturated carbocycles. The average Bonchev–Trinajstić information content (AvgIpc) is 3.03. The van der Waals surface area contributed by atoms with Crippen molar-refractivity contribution in [3.8, 4) is 5.75 Å². The molecule has 30 heavy (non-hydrogen) atoms. The summed E-state index contributed by atoms with van der Waals surface area (Å²) < 4.78 is 5.64. The first-order chi connectivity index (χ1) is 14.5. The molecule has 3 rings (SSSR count). The van der Waals surface area contributed by atoms with Crippen LogP contribution in [0.3, 0.4) is 0 Å². The summed E-state index contributed by atoms with van der Waals surface area (Å²) in [5.74, 6) is -0.159. The number of hydrogen-bond donors (Lipinski definition) is 0. The first-order valence-electron chi connectivity index (χ1n) is 10.4. The van der Waals surface area contributed by atoms with Gasteiger partial charge in [0.25, 0.3) is 5.91 Å². The zero-order chi connectivity index (χ0) is 21.5. The SMILES string of the molecule is CCCCOc1ccc(N2C(=O)CC(N(CCc3ccccc3)C(C)=O)C2=O)cc1. The molecule has 0 N–H and O–H groups in total. The van der Waals surface area contributed by atoms with Crippen LogP contribution in [0.2, 0.25) is 0 Å². The molecule has 0 spiro atoms. The number of ether oxygens (including phenoxy) is 1. The van der Waals surface area contributed by atoms with Crippen molar-refractivity contribution in [3.63, 3.8) is 0 Å². The Hall–Kier alpha value is -3.15. The van der Waals surface area contributed by atoms with E-state index in [1.807, 2.05) is 30.3 Å². The van der Waals surface area contributed by atoms with E-state index < -0.39 is 6.04 Å². The highest BCUT2D eigenvalue weighted by molar-refractivity contribution is 6.23. The second kappa shape index (κ2) is 10.1. The number of imide groups is 1. The van der Waals surface area contributed by atoms with E-state index in [1.54, 1.807) is 24.3 Å². The van der Waals surface area contributed by atoms with Gasteiger partial charge in [-0.05, 0) is 42.7 Å². The molecule has 1 aliphatic rings. The van der Waals surface area contributed by atoms with Crippen LogP contribution in [0.1, 0.15) is 38.7 Å². The number of unbranched alkanes of at least 4 members (excludes halogenated alkanes) is 1. The van der Waals surface area contributed by atoms with Crippen molar-refractivity contribution in [2.24, 2.45) is 0 Å². The lowest BCUT2D eigenvalue weighted by Gasteiger charge is -2.26. The topological polar surface area (TPSA) is 66.9 Å². The summed E-state index contributed by atoms with van der Waals surface area (Å²) in [4.78, 5) is 40.6. The highest BCUT2D eigenvalue weighted by Crippen LogP contribution is 2.27. The smallest absolute Gasteiger partial charge is 0.257 e. The largest absolute Gasteiger partial charge is 0.494 e. The molecule has 158 valence electrons. The van der Waals surface area contributed by atoms with Crippen molar-refractivity contribution < 1.29 is 19.1 Å². The Bertz CT molecular complexity index is 880. The van der Waals surface area contributed by atoms with Gasteiger partial charge in [-0.15, -0.1) is 0 Å². The first-order valence-corrected chi connectivity index (χ1v) is 10.4. The van der Waals surface area contributed by atoms with Gasteiger partial charge in [-0.2, -0.15) is 0 Å². The zero-order valence-corrected chi connectivity index (χ0v) is 17.5. The van der Waals surface area contributed by atoms with Gasteiger partial charge in [0.05, 0.1) is 18.7 Å². The molecule has 2 aromatic carbocycles. The lowest BCUT2D eigenvalue weighted by atomic mass is 10.1. The minimum absolute atomic E-state index is 0.00194. The van der Waals surface area contributed by atoms with Gasteiger partial charge in [0.1, 0.15) is 11.8 Å². The first kappa shape index (κ1) is 21.6. The van der Waals surface area contributed by atoms with Crippen molar-refractivity contribution in [1.82, 2.24) is 4.90 Å². The van der Waals surface area contributed by atoms with Crippen molar-refractivity contribution in [1.29, 1.82) is 0 Å². The molecule has 1 heterocycles. The molecule has 1 aliphatic heterocycles. The molecule has 0 radical (unpaired) electrons. The normalized spacial score (nSPS) is 16.1. The Morgan fingerprint density at radius 2 is 1.80 bits per heavy atom. The molecule has 6 heteroatoms. The molecule has 0 bridgehead atoms. The van der Waals surface area contributed by atoms with Crippen molar-refractivity contribution >= 4 is 23.4 Å². The van der Waals surface area contributed by atoms with E-state index in [0.717, 1.165) is 18.4 Å². The number of anilines is 1. The summed E-state index contributed by atoms with van der Waals surface area (Å²) in [7, 11) is 0. The van der Waals surface area contributed by atoms with E-state index in [-0.39, 0.29) is 24.1 Å². The van der Waals surface area contributed by atoms with Crippen LogP contribution < -0.4 is 9.64 Å². The molecule has 6 nitrogen and oxygen atoms in total. The molecular weight excluding hydrogens is 380 g/mol. The molecular formula is C24H28N2O4. The number of amides is 3. The van der Waals surface area contributed by atoms with Gasteiger partial charge < -0.3 is 9.64 Å². The van der Waals surface area contributed by atoms with E-state index in [4.69, 9.17) is 4.74 Å². The fraction of sp³-hybridized carbons (Fsp3) is 0.375. The van der Waals surface area contributed by atoms with Crippen LogP contribution >= 0.6 is 0 Å². The van der Waals surface area contributed by atoms with Gasteiger partial charge in [-0.25, -0.2) is 4.90 Å². The minimum atomic E-state index is -0.765. The fourth-order valence-corrected chi connectivity index (χ4v) is 3.58. The molecule has 3 amide bonds. The van der Waals surface area contributed by atoms with Crippen LogP contribution in [0.4, 0.5) is 5.69 Å². The maximum atomic E-state index is 13.0. The minimum Gasteiger partial charge on any atom is -0.494 e. The molecule has 2 aromatic rings. The maximum Gasteiger partial charge on any atom is 0.257 e. The van der Waals surface area contributed by atoms with E-state index in [1.165, 1.54) is 16.7 Å². The number of nitrogens with zero attached hydrogens (tertiary/aromatic N) is 2. The Balaban J connectivity index is 1.69. The average molecular weight is 408 g/mol. The van der Waals surface area contributed by atoms with Gasteiger partial charge in [0.2, 0.25) is 11.8 Å². The highest BCUT2D eigenvalue weighted by Gasteiger charge is 2.43. The van der Waals surface area contributed by atoms with E-state index in [9.17, 15) is 14.4 Å². The third-order valence-corrected chi connectivity index (χ3v) is 5.25. The molecule has 0 aliphatic carbocycles. The predicted molar refractivity (Wildman–Crippen MR) is 115 cm³/mol. The van der Waals surface area contributed by atoms with Crippen LogP contribution in [0, 0.1) is 0 Å². The van der Waals surface area contributed by atoms with Gasteiger partial charge in [-0.3, -0.25) is 14.4 Å². The quantitative estimate of drug-likeness (QED) is 0.470. The lowest BCUT2D eigenvalue weighted by Crippen LogP contribution is -2.45. The third-order valence-electron chi connectivity index (χ3n) is 5.25. The molecule has 0 aromatic heterocycles. The second-order valence-electron chi connectivity index (χ2n) is 7.43. The molecule has 1 fully saturated rings. The van der Waals surface area contributed by atoms with Crippen molar-refractivity contribution in [2.75, 3.05) is 18.1 Å². The summed E-state index contributed by atoms with van der Waals surface area (Å²) in [6.07, 6.45) is 2.65. The van der Waals surface area contributed by atoms with Crippen molar-refractivity contribution in [3.05, 3.63) is 60.2 Å². The number of carbonyl (C=O) groups excluding carboxylic acids is 3. The second-order valence-corrected chi connectivity index (χ2v) is 7.43. The van der Waals surface area contributed by atoms with Gasteiger partial charge in [0, 0.05) is 13.5 Å². The highest BCUT2D eigenvalue weighted by atomic mass is 16.5. The number of carbonyl (C=O) groups is 3. The van der Waals surface area contributed by atoms with Gasteiger partial charge in [0.15, 0.2) is 0 Å². The summed E-state index contributed by atoms with van der Waals surface area (Å²) in [6, 6.07) is 16.0. The van der Waals surface area contributed by atoms with Crippen LogP contribution in [0.15, 0.2) is 54.6 Å². The van der Waals surface area contributed by atoms with E-state index >= 15 is 0 Å². The van der Waals surface area contributed by atoms with Gasteiger partial charge in [-0.1, -0.05) is 43.7 Å². The standard InChI is InChI=1S/C24H28N2O4/c1-3-4-16-30-21-12-10-20(11-13-21)26-23(28)17-22(24(26)29)25(18(2)27)15-14-19-8-6-5-7-9-19/h5-13,22H,3-4,14-17H2,1-2H3. The monoisotopic (exact) mass is 408 g/mol. The fourth-order valence-electron chi connectivity index (χ4n) is 3.58. The Morgan fingerprint density at radius 3 is 2.43 bits per heavy atom. The van der Waals surface area contributed by atoms with Crippen LogP contribution in [0.25, 0.3) is 0 Å². The Labute approximate surface area is 177 Å². The van der Waals surface area contributed by atoms with Crippen LogP contribution in [0.5, 0.6) is 5.75 Å². The van der Waals surface area contributed by atoms with Crippen LogP contribution in [-0.2, 0) is 20.8 Å². The molecule has 1 atom stereocenters. The predicted octanol–water partition coefficient (Wildman–Crippen LogP) is 3.59. The summed E-state index contributed by atoms with van der Waals surface area (Å²) in [6.45, 7) is 4.56. The van der Waals surface area contributed by atoms with Gasteiger partial charge >= 0.3 is 0 Å². The number of benzene rings is 2.